The third-order valence-corrected chi connectivity index (χ3v) is 1.92. The van der Waals surface area contributed by atoms with Crippen molar-refractivity contribution >= 4 is 11.9 Å². The number of hydrogen-bond donors (Lipinski definition) is 0. The molecule has 0 aromatic rings. The minimum atomic E-state index is -0.554. The minimum Gasteiger partial charge on any atom is -0.466 e. The van der Waals surface area contributed by atoms with Gasteiger partial charge < -0.3 is 9.47 Å². The van der Waals surface area contributed by atoms with Gasteiger partial charge in [-0.15, -0.1) is 13.2 Å². The average Bonchev–Trinajstić information content (AvgIpc) is 2.31. The van der Waals surface area contributed by atoms with Gasteiger partial charge in [-0.2, -0.15) is 0 Å². The van der Waals surface area contributed by atoms with Gasteiger partial charge in [0, 0.05) is 0 Å². The number of rotatable bonds is 6. The van der Waals surface area contributed by atoms with Crippen LogP contribution in [0, 0.1) is 0 Å². The predicted molar refractivity (Wildman–Crippen MR) is 60.7 cm³/mol. The molecule has 0 aliphatic carbocycles. The van der Waals surface area contributed by atoms with Gasteiger partial charge in [0.05, 0.1) is 25.4 Å². The molecule has 0 fully saturated rings. The van der Waals surface area contributed by atoms with E-state index in [4.69, 9.17) is 0 Å². The fourth-order valence-electron chi connectivity index (χ4n) is 1.19. The second-order valence-corrected chi connectivity index (χ2v) is 2.93. The van der Waals surface area contributed by atoms with Gasteiger partial charge in [0.25, 0.3) is 0 Å². The van der Waals surface area contributed by atoms with Crippen molar-refractivity contribution in [3.63, 3.8) is 0 Å². The third kappa shape index (κ3) is 3.73. The van der Waals surface area contributed by atoms with Crippen LogP contribution in [0.25, 0.3) is 0 Å². The van der Waals surface area contributed by atoms with Gasteiger partial charge in [-0.3, -0.25) is 0 Å². The summed E-state index contributed by atoms with van der Waals surface area (Å²) in [4.78, 5) is 22.9. The lowest BCUT2D eigenvalue weighted by Gasteiger charge is -2.09. The lowest BCUT2D eigenvalue weighted by molar-refractivity contribution is -0.139. The molecular formula is C12H16O4. The summed E-state index contributed by atoms with van der Waals surface area (Å²) in [6.07, 6.45) is 3.56. The molecule has 0 bridgehead atoms. The molecule has 0 aromatic carbocycles. The van der Waals surface area contributed by atoms with Crippen LogP contribution in [0.1, 0.15) is 12.8 Å². The van der Waals surface area contributed by atoms with Crippen LogP contribution in [0.3, 0.4) is 0 Å². The van der Waals surface area contributed by atoms with Crippen molar-refractivity contribution in [3.8, 4) is 0 Å². The van der Waals surface area contributed by atoms with E-state index >= 15 is 0 Å². The highest BCUT2D eigenvalue weighted by Crippen LogP contribution is 2.16. The fourth-order valence-corrected chi connectivity index (χ4v) is 1.19. The van der Waals surface area contributed by atoms with Crippen LogP contribution >= 0.6 is 0 Å². The smallest absolute Gasteiger partial charge is 0.334 e. The number of ether oxygens (including phenoxy) is 2. The summed E-state index contributed by atoms with van der Waals surface area (Å²) in [7, 11) is 2.52. The Morgan fingerprint density at radius 1 is 0.938 bits per heavy atom. The van der Waals surface area contributed by atoms with Crippen LogP contribution in [0.4, 0.5) is 0 Å². The first kappa shape index (κ1) is 14.2. The van der Waals surface area contributed by atoms with Crippen molar-refractivity contribution in [2.75, 3.05) is 14.2 Å². The van der Waals surface area contributed by atoms with Crippen molar-refractivity contribution in [1.82, 2.24) is 0 Å². The van der Waals surface area contributed by atoms with E-state index in [1.807, 2.05) is 0 Å². The molecule has 0 saturated heterocycles. The van der Waals surface area contributed by atoms with Crippen LogP contribution < -0.4 is 0 Å². The van der Waals surface area contributed by atoms with Gasteiger partial charge >= 0.3 is 11.9 Å². The molecule has 0 aliphatic heterocycles. The normalized spacial score (nSPS) is 11.1. The molecule has 0 aromatic heterocycles. The van der Waals surface area contributed by atoms with Gasteiger partial charge in [0.2, 0.25) is 0 Å². The zero-order valence-corrected chi connectivity index (χ0v) is 9.62. The Labute approximate surface area is 95.2 Å². The number of carbonyl (C=O) groups excluding carboxylic acids is 2. The molecule has 0 aliphatic rings. The molecule has 88 valence electrons. The van der Waals surface area contributed by atoms with Crippen LogP contribution in [-0.4, -0.2) is 26.2 Å². The molecule has 0 spiro atoms. The van der Waals surface area contributed by atoms with E-state index in [0.29, 0.717) is 0 Å². The Bertz CT molecular complexity index is 294. The molecule has 4 nitrogen and oxygen atoms in total. The van der Waals surface area contributed by atoms with Gasteiger partial charge in [-0.25, -0.2) is 9.59 Å². The first-order valence-electron chi connectivity index (χ1n) is 4.72. The fraction of sp³-hybridized carbons (Fsp3) is 0.333. The van der Waals surface area contributed by atoms with Gasteiger partial charge in [0.1, 0.15) is 0 Å². The number of esters is 2. The molecule has 0 heterocycles. The lowest BCUT2D eigenvalue weighted by Crippen LogP contribution is -2.14. The van der Waals surface area contributed by atoms with Crippen molar-refractivity contribution in [2.45, 2.75) is 12.8 Å². The molecule has 16 heavy (non-hydrogen) atoms. The van der Waals surface area contributed by atoms with Gasteiger partial charge in [-0.1, -0.05) is 12.2 Å². The summed E-state index contributed by atoms with van der Waals surface area (Å²) in [6.45, 7) is 7.05. The van der Waals surface area contributed by atoms with E-state index in [9.17, 15) is 9.59 Å². The number of hydrogen-bond acceptors (Lipinski definition) is 4. The molecule has 0 N–H and O–H groups in total. The van der Waals surface area contributed by atoms with Crippen LogP contribution in [0.15, 0.2) is 36.5 Å². The zero-order valence-electron chi connectivity index (χ0n) is 9.62. The van der Waals surface area contributed by atoms with Crippen molar-refractivity contribution in [3.05, 3.63) is 36.5 Å². The summed E-state index contributed by atoms with van der Waals surface area (Å²) < 4.78 is 9.20. The molecule has 0 saturated carbocycles. The monoisotopic (exact) mass is 224 g/mol. The highest BCUT2D eigenvalue weighted by molar-refractivity contribution is 6.00. The Balaban J connectivity index is 5.40. The second kappa shape index (κ2) is 7.45. The molecular weight excluding hydrogens is 208 g/mol. The predicted octanol–water partition coefficient (Wildman–Crippen LogP) is 1.78. The third-order valence-electron chi connectivity index (χ3n) is 1.92. The Kier molecular flexibility index (Phi) is 6.59. The first-order chi connectivity index (χ1) is 7.62. The largest absolute Gasteiger partial charge is 0.466 e. The summed E-state index contributed by atoms with van der Waals surface area (Å²) in [5.41, 5.74) is 0.508. The Hall–Kier alpha value is -1.84. The zero-order chi connectivity index (χ0) is 12.6. The maximum absolute atomic E-state index is 11.5. The molecule has 0 radical (unpaired) electrons. The van der Waals surface area contributed by atoms with E-state index in [1.54, 1.807) is 0 Å². The van der Waals surface area contributed by atoms with Gasteiger partial charge in [-0.05, 0) is 12.8 Å². The van der Waals surface area contributed by atoms with Crippen molar-refractivity contribution < 1.29 is 19.1 Å². The quantitative estimate of drug-likeness (QED) is 0.392. The molecule has 0 atom stereocenters. The van der Waals surface area contributed by atoms with Crippen LogP contribution in [0.2, 0.25) is 0 Å². The lowest BCUT2D eigenvalue weighted by atomic mass is 10.0. The topological polar surface area (TPSA) is 52.6 Å². The number of methoxy groups -OCH3 is 2. The summed E-state index contributed by atoms with van der Waals surface area (Å²) in [5.74, 6) is -1.11. The van der Waals surface area contributed by atoms with Gasteiger partial charge in [0.15, 0.2) is 0 Å². The standard InChI is InChI=1S/C12H16O4/c1-5-7-9(11(13)15-3)10(8-6-2)12(14)16-4/h5-6H,1-2,7-8H2,3-4H3/b10-9-. The summed E-state index contributed by atoms with van der Waals surface area (Å²) in [5, 5.41) is 0. The first-order valence-corrected chi connectivity index (χ1v) is 4.72. The molecule has 4 heteroatoms. The molecule has 0 rings (SSSR count). The van der Waals surface area contributed by atoms with Crippen molar-refractivity contribution in [2.24, 2.45) is 0 Å². The molecule has 0 amide bonds. The maximum atomic E-state index is 11.5. The summed E-state index contributed by atoms with van der Waals surface area (Å²) >= 11 is 0. The van der Waals surface area contributed by atoms with E-state index in [0.717, 1.165) is 0 Å². The van der Waals surface area contributed by atoms with E-state index < -0.39 is 11.9 Å². The Morgan fingerprint density at radius 2 is 1.25 bits per heavy atom. The maximum Gasteiger partial charge on any atom is 0.334 e. The number of allylic oxidation sites excluding steroid dienone is 2. The highest BCUT2D eigenvalue weighted by atomic mass is 16.5. The van der Waals surface area contributed by atoms with E-state index in [-0.39, 0.29) is 24.0 Å². The SMILES string of the molecule is C=CC/C(C(=O)OC)=C(\CC=C)C(=O)OC. The van der Waals surface area contributed by atoms with Crippen LogP contribution in [0.5, 0.6) is 0 Å². The highest BCUT2D eigenvalue weighted by Gasteiger charge is 2.19. The second-order valence-electron chi connectivity index (χ2n) is 2.93. The number of carbonyl (C=O) groups is 2. The van der Waals surface area contributed by atoms with E-state index in [1.165, 1.54) is 26.4 Å². The summed E-state index contributed by atoms with van der Waals surface area (Å²) in [6, 6.07) is 0. The van der Waals surface area contributed by atoms with Crippen molar-refractivity contribution in [1.29, 1.82) is 0 Å². The van der Waals surface area contributed by atoms with Crippen LogP contribution in [-0.2, 0) is 19.1 Å². The van der Waals surface area contributed by atoms with E-state index in [2.05, 4.69) is 22.6 Å². The minimum absolute atomic E-state index is 0.254. The average molecular weight is 224 g/mol. The molecule has 0 unspecified atom stereocenters. The Morgan fingerprint density at radius 3 is 1.44 bits per heavy atom.